The van der Waals surface area contributed by atoms with Gasteiger partial charge in [0.05, 0.1) is 12.2 Å². The second-order valence-corrected chi connectivity index (χ2v) is 4.89. The van der Waals surface area contributed by atoms with Gasteiger partial charge in [0, 0.05) is 23.9 Å². The molecule has 2 atom stereocenters. The molecule has 0 spiro atoms. The molecule has 20 heavy (non-hydrogen) atoms. The molecule has 1 aromatic heterocycles. The van der Waals surface area contributed by atoms with Crippen molar-refractivity contribution in [1.29, 1.82) is 0 Å². The van der Waals surface area contributed by atoms with Crippen molar-refractivity contribution in [3.05, 3.63) is 59.9 Å². The molecular weight excluding hydrogens is 254 g/mol. The van der Waals surface area contributed by atoms with Crippen LogP contribution in [0.2, 0.25) is 0 Å². The number of rotatable bonds is 2. The van der Waals surface area contributed by atoms with E-state index in [4.69, 9.17) is 9.47 Å². The van der Waals surface area contributed by atoms with Crippen LogP contribution >= 0.6 is 0 Å². The Hall–Kier alpha value is -2.36. The molecule has 1 aliphatic rings. The molecule has 4 nitrogen and oxygen atoms in total. The van der Waals surface area contributed by atoms with Crippen molar-refractivity contribution >= 4 is 5.97 Å². The Morgan fingerprint density at radius 1 is 1.30 bits per heavy atom. The van der Waals surface area contributed by atoms with Crippen molar-refractivity contribution < 1.29 is 14.3 Å². The summed E-state index contributed by atoms with van der Waals surface area (Å²) in [5.41, 5.74) is 1.38. The van der Waals surface area contributed by atoms with Gasteiger partial charge < -0.3 is 9.47 Å². The highest BCUT2D eigenvalue weighted by molar-refractivity contribution is 5.89. The van der Waals surface area contributed by atoms with Crippen LogP contribution in [-0.4, -0.2) is 17.6 Å². The molecule has 0 saturated heterocycles. The molecule has 0 radical (unpaired) electrons. The monoisotopic (exact) mass is 269 g/mol. The fourth-order valence-electron chi connectivity index (χ4n) is 2.31. The summed E-state index contributed by atoms with van der Waals surface area (Å²) in [5.74, 6) is 0.548. The van der Waals surface area contributed by atoms with Gasteiger partial charge in [0.25, 0.3) is 0 Å². The number of para-hydroxylation sites is 1. The zero-order chi connectivity index (χ0) is 13.9. The van der Waals surface area contributed by atoms with Crippen molar-refractivity contribution in [3.63, 3.8) is 0 Å². The summed E-state index contributed by atoms with van der Waals surface area (Å²) in [4.78, 5) is 16.1. The summed E-state index contributed by atoms with van der Waals surface area (Å²) < 4.78 is 11.3. The maximum atomic E-state index is 12.2. The van der Waals surface area contributed by atoms with Crippen molar-refractivity contribution in [2.75, 3.05) is 6.61 Å². The molecule has 2 heterocycles. The first-order valence-corrected chi connectivity index (χ1v) is 6.58. The number of carbonyl (C=O) groups is 1. The highest BCUT2D eigenvalue weighted by Crippen LogP contribution is 2.37. The number of carbonyl (C=O) groups excluding carboxylic acids is 1. The van der Waals surface area contributed by atoms with Crippen LogP contribution in [0.3, 0.4) is 0 Å². The lowest BCUT2D eigenvalue weighted by Gasteiger charge is -2.30. The fourth-order valence-corrected chi connectivity index (χ4v) is 2.31. The van der Waals surface area contributed by atoms with Crippen molar-refractivity contribution in [2.24, 2.45) is 5.92 Å². The predicted octanol–water partition coefficient (Wildman–Crippen LogP) is 3.01. The maximum absolute atomic E-state index is 12.2. The second kappa shape index (κ2) is 5.33. The Morgan fingerprint density at radius 3 is 2.95 bits per heavy atom. The minimum Gasteiger partial charge on any atom is -0.493 e. The molecule has 4 heteroatoms. The summed E-state index contributed by atoms with van der Waals surface area (Å²) in [5, 5.41) is 0. The van der Waals surface area contributed by atoms with Crippen LogP contribution in [0.25, 0.3) is 0 Å². The third-order valence-corrected chi connectivity index (χ3v) is 3.38. The van der Waals surface area contributed by atoms with Gasteiger partial charge in [-0.3, -0.25) is 4.98 Å². The minimum atomic E-state index is -0.355. The molecule has 0 unspecified atom stereocenters. The Balaban J connectivity index is 1.85. The molecule has 0 aliphatic carbocycles. The van der Waals surface area contributed by atoms with E-state index in [1.165, 1.54) is 6.20 Å². The van der Waals surface area contributed by atoms with Crippen molar-refractivity contribution in [3.8, 4) is 5.75 Å². The minimum absolute atomic E-state index is 0.116. The number of ether oxygens (including phenoxy) is 2. The molecule has 1 aromatic carbocycles. The molecule has 0 saturated carbocycles. The molecular formula is C16H15NO3. The number of hydrogen-bond acceptors (Lipinski definition) is 4. The summed E-state index contributed by atoms with van der Waals surface area (Å²) in [6.45, 7) is 2.55. The van der Waals surface area contributed by atoms with Crippen LogP contribution in [-0.2, 0) is 4.74 Å². The third-order valence-electron chi connectivity index (χ3n) is 3.38. The van der Waals surface area contributed by atoms with E-state index in [9.17, 15) is 4.79 Å². The van der Waals surface area contributed by atoms with Crippen LogP contribution in [0.1, 0.15) is 28.9 Å². The Morgan fingerprint density at radius 2 is 2.15 bits per heavy atom. The third kappa shape index (κ3) is 2.37. The lowest BCUT2D eigenvalue weighted by molar-refractivity contribution is -0.000260. The number of pyridine rings is 1. The number of fused-ring (bicyclic) bond motifs is 1. The first kappa shape index (κ1) is 12.7. The quantitative estimate of drug-likeness (QED) is 0.786. The zero-order valence-electron chi connectivity index (χ0n) is 11.2. The normalized spacial score (nSPS) is 20.6. The second-order valence-electron chi connectivity index (χ2n) is 4.89. The average molecular weight is 269 g/mol. The molecule has 1 aliphatic heterocycles. The van der Waals surface area contributed by atoms with E-state index in [-0.39, 0.29) is 18.0 Å². The molecule has 0 N–H and O–H groups in total. The van der Waals surface area contributed by atoms with Crippen LogP contribution in [0.15, 0.2) is 48.8 Å². The standard InChI is InChI=1S/C16H15NO3/c1-11-10-19-14-7-3-2-6-13(14)15(11)20-16(18)12-5-4-8-17-9-12/h2-9,11,15H,10H2,1H3/t11-,15-/m0/s1. The van der Waals surface area contributed by atoms with Crippen molar-refractivity contribution in [2.45, 2.75) is 13.0 Å². The van der Waals surface area contributed by atoms with E-state index in [1.54, 1.807) is 18.3 Å². The summed E-state index contributed by atoms with van der Waals surface area (Å²) >= 11 is 0. The predicted molar refractivity (Wildman–Crippen MR) is 73.5 cm³/mol. The van der Waals surface area contributed by atoms with Gasteiger partial charge in [-0.2, -0.15) is 0 Å². The number of esters is 1. The van der Waals surface area contributed by atoms with Gasteiger partial charge in [0.2, 0.25) is 0 Å². The summed E-state index contributed by atoms with van der Waals surface area (Å²) in [6.07, 6.45) is 2.86. The largest absolute Gasteiger partial charge is 0.493 e. The van der Waals surface area contributed by atoms with Gasteiger partial charge in [-0.1, -0.05) is 25.1 Å². The molecule has 0 bridgehead atoms. The number of benzene rings is 1. The first-order chi connectivity index (χ1) is 9.75. The fraction of sp³-hybridized carbons (Fsp3) is 0.250. The van der Waals surface area contributed by atoms with Crippen LogP contribution < -0.4 is 4.74 Å². The zero-order valence-corrected chi connectivity index (χ0v) is 11.2. The van der Waals surface area contributed by atoms with Crippen LogP contribution in [0.5, 0.6) is 5.75 Å². The van der Waals surface area contributed by atoms with E-state index in [0.29, 0.717) is 12.2 Å². The van der Waals surface area contributed by atoms with Gasteiger partial charge in [-0.05, 0) is 18.2 Å². The van der Waals surface area contributed by atoms with E-state index in [2.05, 4.69) is 4.98 Å². The van der Waals surface area contributed by atoms with E-state index in [1.807, 2.05) is 31.2 Å². The lowest BCUT2D eigenvalue weighted by Crippen LogP contribution is -2.27. The molecule has 2 aromatic rings. The van der Waals surface area contributed by atoms with Gasteiger partial charge in [-0.25, -0.2) is 4.79 Å². The average Bonchev–Trinajstić information content (AvgIpc) is 2.51. The molecule has 0 amide bonds. The highest BCUT2D eigenvalue weighted by atomic mass is 16.6. The van der Waals surface area contributed by atoms with E-state index < -0.39 is 0 Å². The highest BCUT2D eigenvalue weighted by Gasteiger charge is 2.31. The van der Waals surface area contributed by atoms with Crippen LogP contribution in [0, 0.1) is 5.92 Å². The number of aromatic nitrogens is 1. The smallest absolute Gasteiger partial charge is 0.340 e. The molecule has 3 rings (SSSR count). The van der Waals surface area contributed by atoms with Crippen molar-refractivity contribution in [1.82, 2.24) is 4.98 Å². The topological polar surface area (TPSA) is 48.4 Å². The van der Waals surface area contributed by atoms with Gasteiger partial charge in [-0.15, -0.1) is 0 Å². The summed E-state index contributed by atoms with van der Waals surface area (Å²) in [7, 11) is 0. The maximum Gasteiger partial charge on any atom is 0.340 e. The Bertz CT molecular complexity index is 612. The van der Waals surface area contributed by atoms with Gasteiger partial charge in [0.15, 0.2) is 0 Å². The van der Waals surface area contributed by atoms with E-state index in [0.717, 1.165) is 11.3 Å². The SMILES string of the molecule is C[C@H]1COc2ccccc2[C@H]1OC(=O)c1cccnc1. The molecule has 102 valence electrons. The summed E-state index contributed by atoms with van der Waals surface area (Å²) in [6, 6.07) is 11.1. The Kier molecular flexibility index (Phi) is 3.37. The molecule has 0 fully saturated rings. The van der Waals surface area contributed by atoms with E-state index >= 15 is 0 Å². The Labute approximate surface area is 117 Å². The van der Waals surface area contributed by atoms with Crippen LogP contribution in [0.4, 0.5) is 0 Å². The first-order valence-electron chi connectivity index (χ1n) is 6.58. The van der Waals surface area contributed by atoms with Gasteiger partial charge >= 0.3 is 5.97 Å². The number of nitrogens with zero attached hydrogens (tertiary/aromatic N) is 1. The lowest BCUT2D eigenvalue weighted by atomic mass is 9.94. The van der Waals surface area contributed by atoms with Gasteiger partial charge in [0.1, 0.15) is 11.9 Å². The number of hydrogen-bond donors (Lipinski definition) is 0.